The Morgan fingerprint density at radius 1 is 1.14 bits per heavy atom. The van der Waals surface area contributed by atoms with Crippen LogP contribution in [0.3, 0.4) is 0 Å². The largest absolute Gasteiger partial charge is 0.363 e. The molecular formula is C19H17NO2. The maximum absolute atomic E-state index is 11.5. The lowest BCUT2D eigenvalue weighted by Gasteiger charge is -2.21. The molecule has 1 N–H and O–H groups in total. The van der Waals surface area contributed by atoms with Crippen LogP contribution in [0.1, 0.15) is 28.4 Å². The van der Waals surface area contributed by atoms with E-state index in [9.17, 15) is 4.79 Å². The molecule has 1 amide bonds. The van der Waals surface area contributed by atoms with Crippen LogP contribution in [0.2, 0.25) is 0 Å². The number of fused-ring (bicyclic) bond motifs is 2. The molecule has 0 spiro atoms. The highest BCUT2D eigenvalue weighted by atomic mass is 16.5. The second-order valence-corrected chi connectivity index (χ2v) is 5.17. The summed E-state index contributed by atoms with van der Waals surface area (Å²) >= 11 is 0. The fraction of sp³-hybridized carbons (Fsp3) is 0.211. The number of hydrogen-bond acceptors (Lipinski definition) is 2. The maximum atomic E-state index is 11.5. The number of carbonyl (C=O) groups excluding carboxylic acids is 1. The Balaban J connectivity index is 1.99. The van der Waals surface area contributed by atoms with Gasteiger partial charge in [-0.2, -0.15) is 0 Å². The number of rotatable bonds is 3. The van der Waals surface area contributed by atoms with Crippen molar-refractivity contribution in [2.75, 3.05) is 13.7 Å². The van der Waals surface area contributed by atoms with Crippen molar-refractivity contribution in [1.82, 2.24) is 5.32 Å². The van der Waals surface area contributed by atoms with Crippen molar-refractivity contribution < 1.29 is 9.53 Å². The van der Waals surface area contributed by atoms with Gasteiger partial charge in [0, 0.05) is 24.6 Å². The summed E-state index contributed by atoms with van der Waals surface area (Å²) in [7, 11) is 1.61. The van der Waals surface area contributed by atoms with Crippen molar-refractivity contribution >= 4 is 5.91 Å². The van der Waals surface area contributed by atoms with E-state index < -0.39 is 0 Å². The van der Waals surface area contributed by atoms with Crippen molar-refractivity contribution in [3.63, 3.8) is 0 Å². The summed E-state index contributed by atoms with van der Waals surface area (Å²) in [5.74, 6) is 6.33. The molecule has 1 aliphatic rings. The molecule has 22 heavy (non-hydrogen) atoms. The van der Waals surface area contributed by atoms with Gasteiger partial charge in [0.15, 0.2) is 0 Å². The van der Waals surface area contributed by atoms with E-state index in [-0.39, 0.29) is 18.6 Å². The average molecular weight is 291 g/mol. The van der Waals surface area contributed by atoms with Gasteiger partial charge in [-0.3, -0.25) is 4.79 Å². The van der Waals surface area contributed by atoms with Crippen molar-refractivity contribution in [2.45, 2.75) is 12.5 Å². The summed E-state index contributed by atoms with van der Waals surface area (Å²) in [5.41, 5.74) is 4.16. The molecule has 2 aromatic rings. The predicted octanol–water partition coefficient (Wildman–Crippen LogP) is 2.45. The van der Waals surface area contributed by atoms with Gasteiger partial charge < -0.3 is 10.1 Å². The highest BCUT2D eigenvalue weighted by Crippen LogP contribution is 2.28. The Kier molecular flexibility index (Phi) is 4.22. The molecule has 0 aliphatic heterocycles. The molecule has 0 bridgehead atoms. The van der Waals surface area contributed by atoms with Gasteiger partial charge in [-0.05, 0) is 23.3 Å². The average Bonchev–Trinajstić information content (AvgIpc) is 2.55. The molecule has 0 radical (unpaired) electrons. The van der Waals surface area contributed by atoms with E-state index in [4.69, 9.17) is 4.74 Å². The number of likely N-dealkylation sites (N-methyl/N-ethyl adjacent to an activating group) is 1. The molecule has 3 heteroatoms. The van der Waals surface area contributed by atoms with E-state index >= 15 is 0 Å². The number of hydrogen-bond donors (Lipinski definition) is 1. The lowest BCUT2D eigenvalue weighted by molar-refractivity contribution is -0.127. The summed E-state index contributed by atoms with van der Waals surface area (Å²) < 4.78 is 5.87. The van der Waals surface area contributed by atoms with Crippen LogP contribution in [0.15, 0.2) is 48.5 Å². The van der Waals surface area contributed by atoms with Crippen LogP contribution in [0, 0.1) is 11.8 Å². The standard InChI is InChI=1S/C19H17NO2/c1-20-19(21)13-22-18-12-16-8-3-2-6-14(16)10-11-15-7-4-5-9-17(15)18/h2-9,18H,12-13H2,1H3,(H,20,21). The van der Waals surface area contributed by atoms with Gasteiger partial charge >= 0.3 is 0 Å². The van der Waals surface area contributed by atoms with E-state index in [0.717, 1.165) is 22.3 Å². The zero-order valence-electron chi connectivity index (χ0n) is 12.4. The third-order valence-electron chi connectivity index (χ3n) is 3.76. The number of nitrogens with one attached hydrogen (secondary N) is 1. The monoisotopic (exact) mass is 291 g/mol. The predicted molar refractivity (Wildman–Crippen MR) is 85.3 cm³/mol. The first-order valence-electron chi connectivity index (χ1n) is 7.29. The van der Waals surface area contributed by atoms with Crippen molar-refractivity contribution in [3.05, 3.63) is 70.8 Å². The Morgan fingerprint density at radius 2 is 1.82 bits per heavy atom. The highest BCUT2D eigenvalue weighted by molar-refractivity contribution is 5.76. The zero-order chi connectivity index (χ0) is 15.4. The smallest absolute Gasteiger partial charge is 0.245 e. The normalized spacial score (nSPS) is 15.4. The maximum Gasteiger partial charge on any atom is 0.245 e. The summed E-state index contributed by atoms with van der Waals surface area (Å²) in [4.78, 5) is 11.5. The van der Waals surface area contributed by atoms with Crippen LogP contribution in [0.5, 0.6) is 0 Å². The van der Waals surface area contributed by atoms with Gasteiger partial charge in [0.2, 0.25) is 5.91 Å². The molecule has 3 rings (SSSR count). The third-order valence-corrected chi connectivity index (χ3v) is 3.76. The quantitative estimate of drug-likeness (QED) is 0.882. The Labute approximate surface area is 130 Å². The van der Waals surface area contributed by atoms with E-state index in [1.54, 1.807) is 7.05 Å². The van der Waals surface area contributed by atoms with Crippen LogP contribution in [0.4, 0.5) is 0 Å². The van der Waals surface area contributed by atoms with Crippen LogP contribution < -0.4 is 5.32 Å². The molecule has 3 nitrogen and oxygen atoms in total. The molecule has 0 aromatic heterocycles. The topological polar surface area (TPSA) is 38.3 Å². The summed E-state index contributed by atoms with van der Waals surface area (Å²) in [6.45, 7) is 0.0467. The number of benzene rings is 2. The molecule has 0 heterocycles. The lowest BCUT2D eigenvalue weighted by atomic mass is 9.92. The second kappa shape index (κ2) is 6.46. The SMILES string of the molecule is CNC(=O)COC1Cc2ccccc2C#Cc2ccccc21. The van der Waals surface area contributed by atoms with Gasteiger partial charge in [-0.25, -0.2) is 0 Å². The lowest BCUT2D eigenvalue weighted by Crippen LogP contribution is -2.25. The van der Waals surface area contributed by atoms with Crippen LogP contribution in [-0.2, 0) is 16.0 Å². The van der Waals surface area contributed by atoms with Crippen molar-refractivity contribution in [1.29, 1.82) is 0 Å². The number of ether oxygens (including phenoxy) is 1. The third kappa shape index (κ3) is 3.03. The summed E-state index contributed by atoms with van der Waals surface area (Å²) in [6.07, 6.45) is 0.531. The molecule has 0 saturated heterocycles. The van der Waals surface area contributed by atoms with Gasteiger partial charge in [0.05, 0.1) is 6.10 Å². The van der Waals surface area contributed by atoms with Crippen LogP contribution in [0.25, 0.3) is 0 Å². The molecule has 110 valence electrons. The second-order valence-electron chi connectivity index (χ2n) is 5.17. The molecular weight excluding hydrogens is 274 g/mol. The molecule has 1 aliphatic carbocycles. The first-order chi connectivity index (χ1) is 10.8. The molecule has 0 fully saturated rings. The van der Waals surface area contributed by atoms with E-state index in [0.29, 0.717) is 6.42 Å². The molecule has 2 aromatic carbocycles. The number of amides is 1. The first kappa shape index (κ1) is 14.4. The van der Waals surface area contributed by atoms with Gasteiger partial charge in [-0.15, -0.1) is 0 Å². The minimum absolute atomic E-state index is 0.0467. The highest BCUT2D eigenvalue weighted by Gasteiger charge is 2.19. The first-order valence-corrected chi connectivity index (χ1v) is 7.29. The van der Waals surface area contributed by atoms with Gasteiger partial charge in [0.1, 0.15) is 6.61 Å². The fourth-order valence-electron chi connectivity index (χ4n) is 2.55. The van der Waals surface area contributed by atoms with Crippen LogP contribution in [-0.4, -0.2) is 19.6 Å². The minimum atomic E-state index is -0.177. The number of carbonyl (C=O) groups is 1. The molecule has 1 unspecified atom stereocenters. The zero-order valence-corrected chi connectivity index (χ0v) is 12.4. The minimum Gasteiger partial charge on any atom is -0.363 e. The molecule has 1 atom stereocenters. The summed E-state index contributed by atoms with van der Waals surface area (Å²) in [6, 6.07) is 16.0. The van der Waals surface area contributed by atoms with E-state index in [1.807, 2.05) is 42.5 Å². The van der Waals surface area contributed by atoms with E-state index in [2.05, 4.69) is 23.2 Å². The van der Waals surface area contributed by atoms with E-state index in [1.165, 1.54) is 0 Å². The van der Waals surface area contributed by atoms with Crippen LogP contribution >= 0.6 is 0 Å². The van der Waals surface area contributed by atoms with Crippen molar-refractivity contribution in [3.8, 4) is 11.8 Å². The fourth-order valence-corrected chi connectivity index (χ4v) is 2.55. The van der Waals surface area contributed by atoms with Gasteiger partial charge in [0.25, 0.3) is 0 Å². The van der Waals surface area contributed by atoms with Gasteiger partial charge in [-0.1, -0.05) is 48.2 Å². The molecule has 0 saturated carbocycles. The Hall–Kier alpha value is -2.57. The Bertz CT molecular complexity index is 755. The summed E-state index contributed by atoms with van der Waals surface area (Å²) in [5, 5.41) is 2.58. The Morgan fingerprint density at radius 3 is 2.64 bits per heavy atom. The van der Waals surface area contributed by atoms with Crippen molar-refractivity contribution in [2.24, 2.45) is 0 Å².